The normalized spacial score (nSPS) is 10.9. The Hall–Kier alpha value is -3.26. The first-order valence-electron chi connectivity index (χ1n) is 7.25. The molecule has 2 aromatic carbocycles. The van der Waals surface area contributed by atoms with Gasteiger partial charge in [0.2, 0.25) is 5.82 Å². The van der Waals surface area contributed by atoms with E-state index in [1.54, 1.807) is 6.07 Å². The highest BCUT2D eigenvalue weighted by Crippen LogP contribution is 2.19. The van der Waals surface area contributed by atoms with Gasteiger partial charge in [-0.05, 0) is 23.4 Å². The van der Waals surface area contributed by atoms with Gasteiger partial charge in [0.05, 0.1) is 6.21 Å². The Kier molecular flexibility index (Phi) is 5.00. The van der Waals surface area contributed by atoms with Crippen LogP contribution in [0.3, 0.4) is 0 Å². The lowest BCUT2D eigenvalue weighted by atomic mass is 10.2. The molecule has 0 aliphatic heterocycles. The van der Waals surface area contributed by atoms with Crippen LogP contribution in [0.2, 0.25) is 5.02 Å². The van der Waals surface area contributed by atoms with Gasteiger partial charge in [0.15, 0.2) is 0 Å². The van der Waals surface area contributed by atoms with Crippen molar-refractivity contribution >= 4 is 23.7 Å². The Morgan fingerprint density at radius 2 is 2.08 bits per heavy atom. The number of nitrogens with zero attached hydrogens (tertiary/aromatic N) is 5. The van der Waals surface area contributed by atoms with Crippen LogP contribution in [-0.4, -0.2) is 37.4 Å². The largest absolute Gasteiger partial charge is 0.507 e. The molecule has 0 saturated heterocycles. The zero-order chi connectivity index (χ0) is 17.6. The highest BCUT2D eigenvalue weighted by Gasteiger charge is 2.08. The van der Waals surface area contributed by atoms with E-state index in [4.69, 9.17) is 11.6 Å². The number of halogens is 1. The van der Waals surface area contributed by atoms with Crippen LogP contribution in [0.25, 0.3) is 11.4 Å². The summed E-state index contributed by atoms with van der Waals surface area (Å²) in [6, 6.07) is 13.8. The van der Waals surface area contributed by atoms with Crippen LogP contribution < -0.4 is 5.43 Å². The van der Waals surface area contributed by atoms with Crippen molar-refractivity contribution < 1.29 is 9.90 Å². The number of carbonyl (C=O) groups excluding carboxylic acids is 1. The lowest BCUT2D eigenvalue weighted by Gasteiger charge is -2.00. The molecule has 0 bridgehead atoms. The van der Waals surface area contributed by atoms with Gasteiger partial charge >= 0.3 is 0 Å². The summed E-state index contributed by atoms with van der Waals surface area (Å²) in [5.41, 5.74) is 3.52. The van der Waals surface area contributed by atoms with Crippen LogP contribution in [0.15, 0.2) is 53.6 Å². The summed E-state index contributed by atoms with van der Waals surface area (Å²) in [7, 11) is 0. The van der Waals surface area contributed by atoms with Gasteiger partial charge in [-0.25, -0.2) is 5.43 Å². The molecular weight excluding hydrogens is 344 g/mol. The number of hydrazone groups is 1. The Morgan fingerprint density at radius 1 is 1.28 bits per heavy atom. The predicted octanol–water partition coefficient (Wildman–Crippen LogP) is 1.85. The molecule has 9 heteroatoms. The minimum Gasteiger partial charge on any atom is -0.507 e. The number of carbonyl (C=O) groups is 1. The first-order valence-corrected chi connectivity index (χ1v) is 7.63. The maximum atomic E-state index is 11.9. The highest BCUT2D eigenvalue weighted by atomic mass is 35.5. The van der Waals surface area contributed by atoms with Gasteiger partial charge in [0.25, 0.3) is 5.91 Å². The smallest absolute Gasteiger partial charge is 0.263 e. The number of hydrogen-bond acceptors (Lipinski definition) is 6. The second-order valence-electron chi connectivity index (χ2n) is 5.01. The van der Waals surface area contributed by atoms with Crippen molar-refractivity contribution in [2.24, 2.45) is 5.10 Å². The fraction of sp³-hybridized carbons (Fsp3) is 0.0625. The summed E-state index contributed by atoms with van der Waals surface area (Å²) in [6.07, 6.45) is 1.29. The van der Waals surface area contributed by atoms with E-state index in [2.05, 4.69) is 25.9 Å². The molecule has 0 spiro atoms. The van der Waals surface area contributed by atoms with Gasteiger partial charge in [-0.3, -0.25) is 4.79 Å². The van der Waals surface area contributed by atoms with E-state index in [0.717, 1.165) is 5.56 Å². The van der Waals surface area contributed by atoms with Crippen LogP contribution in [0.4, 0.5) is 0 Å². The number of nitrogens with one attached hydrogen (secondary N) is 1. The molecule has 0 unspecified atom stereocenters. The number of amides is 1. The Labute approximate surface area is 147 Å². The molecule has 8 nitrogen and oxygen atoms in total. The molecule has 0 atom stereocenters. The molecule has 1 amide bonds. The molecule has 1 aromatic heterocycles. The number of aromatic nitrogens is 4. The molecule has 25 heavy (non-hydrogen) atoms. The maximum absolute atomic E-state index is 11.9. The van der Waals surface area contributed by atoms with Gasteiger partial charge in [-0.2, -0.15) is 9.90 Å². The van der Waals surface area contributed by atoms with Gasteiger partial charge in [-0.15, -0.1) is 10.2 Å². The third-order valence-electron chi connectivity index (χ3n) is 3.15. The van der Waals surface area contributed by atoms with E-state index in [1.165, 1.54) is 23.1 Å². The van der Waals surface area contributed by atoms with Crippen molar-refractivity contribution in [1.29, 1.82) is 0 Å². The lowest BCUT2D eigenvalue weighted by Crippen LogP contribution is -2.24. The SMILES string of the molecule is O=C(Cn1nnc(-c2ccccc2)n1)N/N=C/c1cc(Cl)ccc1O. The number of benzene rings is 2. The van der Waals surface area contributed by atoms with E-state index >= 15 is 0 Å². The minimum absolute atomic E-state index is 0.00726. The monoisotopic (exact) mass is 356 g/mol. The summed E-state index contributed by atoms with van der Waals surface area (Å²) in [5, 5.41) is 25.7. The second-order valence-corrected chi connectivity index (χ2v) is 5.44. The zero-order valence-corrected chi connectivity index (χ0v) is 13.6. The Morgan fingerprint density at radius 3 is 2.88 bits per heavy atom. The second kappa shape index (κ2) is 7.54. The minimum atomic E-state index is -0.435. The van der Waals surface area contributed by atoms with Gasteiger partial charge < -0.3 is 5.11 Å². The van der Waals surface area contributed by atoms with E-state index in [0.29, 0.717) is 16.4 Å². The van der Waals surface area contributed by atoms with Crippen molar-refractivity contribution in [2.45, 2.75) is 6.54 Å². The van der Waals surface area contributed by atoms with E-state index in [9.17, 15) is 9.90 Å². The molecule has 0 aliphatic rings. The summed E-state index contributed by atoms with van der Waals surface area (Å²) in [5.74, 6) is 0.00313. The van der Waals surface area contributed by atoms with Crippen molar-refractivity contribution in [1.82, 2.24) is 25.6 Å². The van der Waals surface area contributed by atoms with Crippen LogP contribution >= 0.6 is 11.6 Å². The van der Waals surface area contributed by atoms with Crippen molar-refractivity contribution in [2.75, 3.05) is 0 Å². The molecule has 3 rings (SSSR count). The molecule has 126 valence electrons. The highest BCUT2D eigenvalue weighted by molar-refractivity contribution is 6.30. The van der Waals surface area contributed by atoms with Crippen LogP contribution in [0.1, 0.15) is 5.56 Å². The zero-order valence-electron chi connectivity index (χ0n) is 12.9. The molecular formula is C16H13ClN6O2. The van der Waals surface area contributed by atoms with Gasteiger partial charge in [0, 0.05) is 16.1 Å². The standard InChI is InChI=1S/C16H13ClN6O2/c17-13-6-7-14(24)12(8-13)9-18-19-15(25)10-23-21-16(20-22-23)11-4-2-1-3-5-11/h1-9,24H,10H2,(H,19,25)/b18-9+. The summed E-state index contributed by atoms with van der Waals surface area (Å²) >= 11 is 5.83. The first-order chi connectivity index (χ1) is 12.1. The first kappa shape index (κ1) is 16.6. The molecule has 0 radical (unpaired) electrons. The average Bonchev–Trinajstić information content (AvgIpc) is 3.07. The quantitative estimate of drug-likeness (QED) is 0.536. The van der Waals surface area contributed by atoms with Gasteiger partial charge in [0.1, 0.15) is 12.3 Å². The average molecular weight is 357 g/mol. The lowest BCUT2D eigenvalue weighted by molar-refractivity contribution is -0.122. The predicted molar refractivity (Wildman–Crippen MR) is 92.1 cm³/mol. The summed E-state index contributed by atoms with van der Waals surface area (Å²) in [6.45, 7) is -0.140. The fourth-order valence-corrected chi connectivity index (χ4v) is 2.16. The van der Waals surface area contributed by atoms with Crippen molar-refractivity contribution in [3.63, 3.8) is 0 Å². The van der Waals surface area contributed by atoms with Crippen molar-refractivity contribution in [3.8, 4) is 17.1 Å². The number of phenols is 1. The van der Waals surface area contributed by atoms with Crippen LogP contribution in [-0.2, 0) is 11.3 Å². The number of aromatic hydroxyl groups is 1. The van der Waals surface area contributed by atoms with E-state index in [-0.39, 0.29) is 12.3 Å². The van der Waals surface area contributed by atoms with E-state index in [1.807, 2.05) is 30.3 Å². The van der Waals surface area contributed by atoms with Gasteiger partial charge in [-0.1, -0.05) is 41.9 Å². The molecule has 3 aromatic rings. The molecule has 0 saturated carbocycles. The molecule has 0 aliphatic carbocycles. The third-order valence-corrected chi connectivity index (χ3v) is 3.39. The third kappa shape index (κ3) is 4.39. The number of rotatable bonds is 5. The topological polar surface area (TPSA) is 105 Å². The maximum Gasteiger partial charge on any atom is 0.263 e. The fourth-order valence-electron chi connectivity index (χ4n) is 1.98. The molecule has 0 fully saturated rings. The number of tetrazole rings is 1. The molecule has 2 N–H and O–H groups in total. The Bertz CT molecular complexity index is 910. The van der Waals surface area contributed by atoms with Crippen LogP contribution in [0.5, 0.6) is 5.75 Å². The Balaban J connectivity index is 1.59. The number of hydrogen-bond donors (Lipinski definition) is 2. The summed E-state index contributed by atoms with van der Waals surface area (Å²) < 4.78 is 0. The van der Waals surface area contributed by atoms with E-state index < -0.39 is 5.91 Å². The van der Waals surface area contributed by atoms with Crippen molar-refractivity contribution in [3.05, 3.63) is 59.1 Å². The number of phenolic OH excluding ortho intramolecular Hbond substituents is 1. The summed E-state index contributed by atoms with van der Waals surface area (Å²) in [4.78, 5) is 13.0. The molecule has 1 heterocycles. The van der Waals surface area contributed by atoms with Crippen LogP contribution in [0, 0.1) is 0 Å².